The van der Waals surface area contributed by atoms with Crippen molar-refractivity contribution in [3.63, 3.8) is 0 Å². The Bertz CT molecular complexity index is 650. The van der Waals surface area contributed by atoms with Gasteiger partial charge in [-0.2, -0.15) is 0 Å². The first-order chi connectivity index (χ1) is 9.84. The van der Waals surface area contributed by atoms with Crippen LogP contribution in [0.25, 0.3) is 6.08 Å². The molecule has 3 rings (SSSR count). The number of benzodiazepines with no additional fused rings is 1. The van der Waals surface area contributed by atoms with Gasteiger partial charge in [0.25, 0.3) is 0 Å². The number of halogens is 1. The number of benzene rings is 1. The van der Waals surface area contributed by atoms with Gasteiger partial charge in [0.2, 0.25) is 0 Å². The van der Waals surface area contributed by atoms with E-state index >= 15 is 0 Å². The summed E-state index contributed by atoms with van der Waals surface area (Å²) < 4.78 is 0. The van der Waals surface area contributed by atoms with Crippen LogP contribution in [-0.4, -0.2) is 30.8 Å². The van der Waals surface area contributed by atoms with E-state index in [9.17, 15) is 0 Å². The highest BCUT2D eigenvalue weighted by atomic mass is 35.5. The molecule has 3 nitrogen and oxygen atoms in total. The van der Waals surface area contributed by atoms with Crippen LogP contribution in [-0.2, 0) is 0 Å². The summed E-state index contributed by atoms with van der Waals surface area (Å²) >= 11 is 0. The number of pyridine rings is 1. The molecular formula is C17H18ClN3. The van der Waals surface area contributed by atoms with Gasteiger partial charge in [0.05, 0.1) is 12.3 Å². The molecule has 21 heavy (non-hydrogen) atoms. The van der Waals surface area contributed by atoms with Crippen molar-refractivity contribution in [2.45, 2.75) is 0 Å². The molecule has 0 saturated heterocycles. The Morgan fingerprint density at radius 3 is 2.76 bits per heavy atom. The number of aliphatic imine (C=N–C) groups is 1. The molecule has 0 atom stereocenters. The molecule has 0 unspecified atom stereocenters. The topological polar surface area (TPSA) is 28.5 Å². The predicted octanol–water partition coefficient (Wildman–Crippen LogP) is 3.46. The molecule has 0 amide bonds. The van der Waals surface area contributed by atoms with E-state index in [-0.39, 0.29) is 12.4 Å². The maximum Gasteiger partial charge on any atom is 0.0668 e. The van der Waals surface area contributed by atoms with Crippen LogP contribution in [0.15, 0.2) is 59.9 Å². The first-order valence-corrected chi connectivity index (χ1v) is 6.78. The molecule has 0 saturated carbocycles. The molecule has 0 radical (unpaired) electrons. The molecule has 1 aliphatic heterocycles. The highest BCUT2D eigenvalue weighted by Gasteiger charge is 2.13. The van der Waals surface area contributed by atoms with Crippen molar-refractivity contribution in [1.29, 1.82) is 0 Å². The van der Waals surface area contributed by atoms with E-state index < -0.39 is 0 Å². The van der Waals surface area contributed by atoms with Crippen LogP contribution in [0.3, 0.4) is 0 Å². The van der Waals surface area contributed by atoms with E-state index in [2.05, 4.69) is 53.3 Å². The number of hydrogen-bond acceptors (Lipinski definition) is 3. The molecule has 1 aromatic heterocycles. The summed E-state index contributed by atoms with van der Waals surface area (Å²) in [7, 11) is 2.11. The first-order valence-electron chi connectivity index (χ1n) is 6.78. The molecule has 2 heterocycles. The highest BCUT2D eigenvalue weighted by Crippen LogP contribution is 2.22. The van der Waals surface area contributed by atoms with Crippen LogP contribution in [0.2, 0.25) is 0 Å². The lowest BCUT2D eigenvalue weighted by molar-refractivity contribution is 0.897. The number of likely N-dealkylation sites (N-methyl/N-ethyl adjacent to an activating group) is 1. The SMILES string of the molecule is CN1CCN=C(/C=C/c2cccnc2)c2ccccc21.Cl. The number of aromatic nitrogens is 1. The van der Waals surface area contributed by atoms with Crippen LogP contribution in [0.4, 0.5) is 5.69 Å². The van der Waals surface area contributed by atoms with Gasteiger partial charge in [0, 0.05) is 37.2 Å². The summed E-state index contributed by atoms with van der Waals surface area (Å²) in [5, 5.41) is 0. The van der Waals surface area contributed by atoms with E-state index in [4.69, 9.17) is 4.99 Å². The maximum absolute atomic E-state index is 4.70. The van der Waals surface area contributed by atoms with Crippen LogP contribution < -0.4 is 4.90 Å². The summed E-state index contributed by atoms with van der Waals surface area (Å²) in [5.41, 5.74) is 4.55. The van der Waals surface area contributed by atoms with Crippen LogP contribution in [0, 0.1) is 0 Å². The summed E-state index contributed by atoms with van der Waals surface area (Å²) in [4.78, 5) is 11.1. The summed E-state index contributed by atoms with van der Waals surface area (Å²) in [6.45, 7) is 1.76. The smallest absolute Gasteiger partial charge is 0.0668 e. The Kier molecular flexibility index (Phi) is 5.12. The fourth-order valence-electron chi connectivity index (χ4n) is 2.34. The van der Waals surface area contributed by atoms with Crippen LogP contribution in [0.1, 0.15) is 11.1 Å². The number of rotatable bonds is 2. The number of fused-ring (bicyclic) bond motifs is 1. The average Bonchev–Trinajstić information content (AvgIpc) is 2.66. The minimum Gasteiger partial charge on any atom is -0.372 e. The van der Waals surface area contributed by atoms with E-state index in [1.165, 1.54) is 11.3 Å². The number of anilines is 1. The lowest BCUT2D eigenvalue weighted by Gasteiger charge is -2.18. The monoisotopic (exact) mass is 299 g/mol. The quantitative estimate of drug-likeness (QED) is 0.849. The Hall–Kier alpha value is -2.13. The van der Waals surface area contributed by atoms with Gasteiger partial charge in [0.1, 0.15) is 0 Å². The number of hydrogen-bond donors (Lipinski definition) is 0. The summed E-state index contributed by atoms with van der Waals surface area (Å²) in [6.07, 6.45) is 7.78. The standard InChI is InChI=1S/C17H17N3.ClH/c1-20-12-11-19-16(15-6-2-3-7-17(15)20)9-8-14-5-4-10-18-13-14;/h2-10,13H,11-12H2,1H3;1H/b9-8+;. The first kappa shape index (κ1) is 15.3. The Morgan fingerprint density at radius 1 is 1.10 bits per heavy atom. The molecule has 0 fully saturated rings. The largest absolute Gasteiger partial charge is 0.372 e. The zero-order valence-electron chi connectivity index (χ0n) is 11.9. The number of nitrogens with zero attached hydrogens (tertiary/aromatic N) is 3. The van der Waals surface area contributed by atoms with Crippen molar-refractivity contribution < 1.29 is 0 Å². The molecule has 0 bridgehead atoms. The van der Waals surface area contributed by atoms with Crippen LogP contribution >= 0.6 is 12.4 Å². The van der Waals surface area contributed by atoms with Crippen molar-refractivity contribution in [3.05, 3.63) is 66.0 Å². The second-order valence-electron chi connectivity index (χ2n) is 4.83. The van der Waals surface area contributed by atoms with Gasteiger partial charge in [-0.05, 0) is 23.8 Å². The third-order valence-corrected chi connectivity index (χ3v) is 3.43. The fraction of sp³-hybridized carbons (Fsp3) is 0.176. The third-order valence-electron chi connectivity index (χ3n) is 3.43. The van der Waals surface area contributed by atoms with Gasteiger partial charge in [-0.3, -0.25) is 9.98 Å². The molecular weight excluding hydrogens is 282 g/mol. The van der Waals surface area contributed by atoms with Crippen molar-refractivity contribution in [1.82, 2.24) is 4.98 Å². The molecule has 4 heteroatoms. The Labute approximate surface area is 131 Å². The van der Waals surface area contributed by atoms with Gasteiger partial charge < -0.3 is 4.90 Å². The number of allylic oxidation sites excluding steroid dienone is 1. The average molecular weight is 300 g/mol. The number of para-hydroxylation sites is 1. The second-order valence-corrected chi connectivity index (χ2v) is 4.83. The lowest BCUT2D eigenvalue weighted by Crippen LogP contribution is -2.20. The highest BCUT2D eigenvalue weighted by molar-refractivity contribution is 6.14. The van der Waals surface area contributed by atoms with Crippen molar-refractivity contribution in [3.8, 4) is 0 Å². The van der Waals surface area contributed by atoms with Crippen LogP contribution in [0.5, 0.6) is 0 Å². The summed E-state index contributed by atoms with van der Waals surface area (Å²) in [6, 6.07) is 12.4. The molecule has 108 valence electrons. The zero-order valence-corrected chi connectivity index (χ0v) is 12.8. The van der Waals surface area contributed by atoms with E-state index in [1.54, 1.807) is 6.20 Å². The van der Waals surface area contributed by atoms with E-state index in [1.807, 2.05) is 18.3 Å². The minimum atomic E-state index is 0. The molecule has 0 aliphatic carbocycles. The lowest BCUT2D eigenvalue weighted by atomic mass is 10.1. The van der Waals surface area contributed by atoms with Crippen molar-refractivity contribution >= 4 is 29.9 Å². The molecule has 0 spiro atoms. The Balaban J connectivity index is 0.00000161. The molecule has 1 aromatic carbocycles. The third kappa shape index (κ3) is 3.50. The minimum absolute atomic E-state index is 0. The van der Waals surface area contributed by atoms with Crippen molar-refractivity contribution in [2.24, 2.45) is 4.99 Å². The normalized spacial score (nSPS) is 14.1. The molecule has 2 aromatic rings. The van der Waals surface area contributed by atoms with Gasteiger partial charge in [-0.25, -0.2) is 0 Å². The van der Waals surface area contributed by atoms with Gasteiger partial charge in [-0.15, -0.1) is 12.4 Å². The predicted molar refractivity (Wildman–Crippen MR) is 91.6 cm³/mol. The van der Waals surface area contributed by atoms with E-state index in [0.29, 0.717) is 0 Å². The van der Waals surface area contributed by atoms with Gasteiger partial charge >= 0.3 is 0 Å². The molecule has 1 aliphatic rings. The Morgan fingerprint density at radius 2 is 1.95 bits per heavy atom. The maximum atomic E-state index is 4.70. The fourth-order valence-corrected chi connectivity index (χ4v) is 2.34. The van der Waals surface area contributed by atoms with Crippen molar-refractivity contribution in [2.75, 3.05) is 25.0 Å². The van der Waals surface area contributed by atoms with Gasteiger partial charge in [0.15, 0.2) is 0 Å². The van der Waals surface area contributed by atoms with E-state index in [0.717, 1.165) is 24.4 Å². The van der Waals surface area contributed by atoms with Gasteiger partial charge in [-0.1, -0.05) is 30.3 Å². The summed E-state index contributed by atoms with van der Waals surface area (Å²) in [5.74, 6) is 0. The second kappa shape index (κ2) is 7.04. The zero-order chi connectivity index (χ0) is 13.8. The molecule has 0 N–H and O–H groups in total.